The molecular weight excluding hydrogens is 126 g/mol. The predicted octanol–water partition coefficient (Wildman–Crippen LogP) is 0.982. The fourth-order valence-electron chi connectivity index (χ4n) is 1.24. The van der Waals surface area contributed by atoms with E-state index in [1.54, 1.807) is 6.20 Å². The summed E-state index contributed by atoms with van der Waals surface area (Å²) in [7, 11) is 0. The maximum Gasteiger partial charge on any atom is 0.0983 e. The van der Waals surface area contributed by atoms with Crippen molar-refractivity contribution in [2.24, 2.45) is 0 Å². The van der Waals surface area contributed by atoms with Crippen LogP contribution >= 0.6 is 0 Å². The summed E-state index contributed by atoms with van der Waals surface area (Å²) in [6, 6.07) is 0. The number of fused-ring (bicyclic) bond motifs is 1. The third kappa shape index (κ3) is 0.875. The molecule has 1 aliphatic rings. The number of hydrogen-bond acceptors (Lipinski definition) is 1. The third-order valence-electron chi connectivity index (χ3n) is 1.81. The second-order valence-electron chi connectivity index (χ2n) is 2.57. The van der Waals surface area contributed by atoms with Gasteiger partial charge < -0.3 is 0 Å². The van der Waals surface area contributed by atoms with Crippen LogP contribution in [0, 0.1) is 0 Å². The molecule has 0 fully saturated rings. The molecule has 1 radical (unpaired) electrons. The summed E-state index contributed by atoms with van der Waals surface area (Å²) in [5.41, 5.74) is 2.27. The molecule has 2 heterocycles. The van der Waals surface area contributed by atoms with Crippen molar-refractivity contribution in [1.29, 1.82) is 0 Å². The zero-order valence-corrected chi connectivity index (χ0v) is 5.80. The van der Waals surface area contributed by atoms with Crippen molar-refractivity contribution in [3.8, 4) is 0 Å². The lowest BCUT2D eigenvalue weighted by atomic mass is 10.2. The molecule has 0 bridgehead atoms. The van der Waals surface area contributed by atoms with Gasteiger partial charge in [0.2, 0.25) is 0 Å². The molecule has 3 heteroatoms. The van der Waals surface area contributed by atoms with E-state index in [0.29, 0.717) is 0 Å². The minimum Gasteiger partial charge on any atom is -0.282 e. The summed E-state index contributed by atoms with van der Waals surface area (Å²) >= 11 is 0. The zero-order valence-electron chi connectivity index (χ0n) is 5.80. The van der Waals surface area contributed by atoms with Gasteiger partial charge in [-0.15, -0.1) is 0 Å². The van der Waals surface area contributed by atoms with E-state index in [4.69, 9.17) is 0 Å². The van der Waals surface area contributed by atoms with E-state index < -0.39 is 0 Å². The van der Waals surface area contributed by atoms with Crippen molar-refractivity contribution in [2.75, 3.05) is 6.54 Å². The van der Waals surface area contributed by atoms with Crippen molar-refractivity contribution in [3.63, 3.8) is 0 Å². The summed E-state index contributed by atoms with van der Waals surface area (Å²) < 4.78 is 0. The minimum absolute atomic E-state index is 0.965. The number of aromatic amines is 1. The first kappa shape index (κ1) is 5.77. The molecule has 10 heavy (non-hydrogen) atoms. The molecular formula is C7H10N3. The Labute approximate surface area is 59.8 Å². The molecule has 1 aromatic rings. The van der Waals surface area contributed by atoms with Crippen LogP contribution in [0.4, 0.5) is 5.69 Å². The summed E-state index contributed by atoms with van der Waals surface area (Å²) in [4.78, 5) is 0. The normalized spacial score (nSPS) is 17.2. The van der Waals surface area contributed by atoms with Gasteiger partial charge in [0, 0.05) is 6.54 Å². The van der Waals surface area contributed by atoms with E-state index in [9.17, 15) is 0 Å². The fraction of sp³-hybridized carbons (Fsp3) is 0.571. The molecule has 2 rings (SSSR count). The van der Waals surface area contributed by atoms with Crippen molar-refractivity contribution < 1.29 is 0 Å². The van der Waals surface area contributed by atoms with Gasteiger partial charge in [-0.1, -0.05) is 0 Å². The van der Waals surface area contributed by atoms with Crippen molar-refractivity contribution in [3.05, 3.63) is 11.9 Å². The molecule has 1 aromatic heterocycles. The predicted molar refractivity (Wildman–Crippen MR) is 38.2 cm³/mol. The molecule has 0 atom stereocenters. The number of aromatic nitrogens is 2. The quantitative estimate of drug-likeness (QED) is 0.567. The van der Waals surface area contributed by atoms with E-state index in [1.165, 1.54) is 18.5 Å². The number of aryl methyl sites for hydroxylation is 1. The minimum atomic E-state index is 0.965. The average Bonchev–Trinajstić information content (AvgIpc) is 2.28. The van der Waals surface area contributed by atoms with Gasteiger partial charge in [0.1, 0.15) is 0 Å². The smallest absolute Gasteiger partial charge is 0.0983 e. The highest BCUT2D eigenvalue weighted by atomic mass is 15.1. The number of rotatable bonds is 0. The van der Waals surface area contributed by atoms with Gasteiger partial charge in [0.15, 0.2) is 0 Å². The van der Waals surface area contributed by atoms with Crippen LogP contribution in [0.15, 0.2) is 6.20 Å². The fourth-order valence-corrected chi connectivity index (χ4v) is 1.24. The molecule has 0 aromatic carbocycles. The van der Waals surface area contributed by atoms with Gasteiger partial charge in [0.25, 0.3) is 0 Å². The summed E-state index contributed by atoms with van der Waals surface area (Å²) in [6.45, 7) is 0.965. The molecule has 0 saturated carbocycles. The van der Waals surface area contributed by atoms with Crippen LogP contribution in [-0.2, 0) is 6.42 Å². The molecule has 0 aliphatic carbocycles. The monoisotopic (exact) mass is 136 g/mol. The Hall–Kier alpha value is -0.990. The van der Waals surface area contributed by atoms with Crippen LogP contribution in [0.3, 0.4) is 0 Å². The van der Waals surface area contributed by atoms with Crippen LogP contribution in [-0.4, -0.2) is 16.7 Å². The van der Waals surface area contributed by atoms with Gasteiger partial charge in [-0.2, -0.15) is 5.10 Å². The number of hydrogen-bond donors (Lipinski definition) is 1. The van der Waals surface area contributed by atoms with Gasteiger partial charge in [-0.3, -0.25) is 10.4 Å². The maximum absolute atomic E-state index is 4.35. The van der Waals surface area contributed by atoms with Crippen molar-refractivity contribution >= 4 is 5.69 Å². The van der Waals surface area contributed by atoms with Crippen molar-refractivity contribution in [2.45, 2.75) is 19.3 Å². The first-order valence-electron chi connectivity index (χ1n) is 3.66. The number of nitrogens with zero attached hydrogens (tertiary/aromatic N) is 2. The Balaban J connectivity index is 2.28. The molecule has 1 aliphatic heterocycles. The Morgan fingerprint density at radius 3 is 3.40 bits per heavy atom. The summed E-state index contributed by atoms with van der Waals surface area (Å²) in [6.07, 6.45) is 5.36. The second-order valence-corrected chi connectivity index (χ2v) is 2.57. The first-order valence-corrected chi connectivity index (χ1v) is 3.66. The Morgan fingerprint density at radius 1 is 1.40 bits per heavy atom. The Bertz CT molecular complexity index is 196. The second kappa shape index (κ2) is 2.33. The standard InChI is InChI=1S/C7H10N3/c1-2-4-8-7-5-9-10-6(7)3-1/h5H,1-4H2,(H,9,10). The van der Waals surface area contributed by atoms with Gasteiger partial charge >= 0.3 is 0 Å². The Morgan fingerprint density at radius 2 is 2.40 bits per heavy atom. The molecule has 0 unspecified atom stereocenters. The largest absolute Gasteiger partial charge is 0.282 e. The van der Waals surface area contributed by atoms with E-state index in [1.807, 2.05) is 0 Å². The van der Waals surface area contributed by atoms with Crippen LogP contribution in [0.5, 0.6) is 0 Å². The van der Waals surface area contributed by atoms with E-state index >= 15 is 0 Å². The molecule has 0 amide bonds. The Kier molecular flexibility index (Phi) is 1.34. The van der Waals surface area contributed by atoms with Gasteiger partial charge in [-0.05, 0) is 19.3 Å². The maximum atomic E-state index is 4.35. The molecule has 0 saturated heterocycles. The average molecular weight is 136 g/mol. The van der Waals surface area contributed by atoms with Crippen LogP contribution < -0.4 is 5.32 Å². The molecule has 0 spiro atoms. The lowest BCUT2D eigenvalue weighted by Crippen LogP contribution is -1.95. The highest BCUT2D eigenvalue weighted by Gasteiger charge is 2.08. The third-order valence-corrected chi connectivity index (χ3v) is 1.81. The van der Waals surface area contributed by atoms with E-state index in [2.05, 4.69) is 15.5 Å². The molecule has 3 nitrogen and oxygen atoms in total. The summed E-state index contributed by atoms with van der Waals surface area (Å²) in [5.74, 6) is 0. The van der Waals surface area contributed by atoms with Gasteiger partial charge in [0.05, 0.1) is 17.6 Å². The van der Waals surface area contributed by atoms with Crippen LogP contribution in [0.2, 0.25) is 0 Å². The number of nitrogens with one attached hydrogen (secondary N) is 1. The van der Waals surface area contributed by atoms with Crippen LogP contribution in [0.1, 0.15) is 18.5 Å². The van der Waals surface area contributed by atoms with Crippen molar-refractivity contribution in [1.82, 2.24) is 15.5 Å². The van der Waals surface area contributed by atoms with E-state index in [0.717, 1.165) is 18.7 Å². The summed E-state index contributed by atoms with van der Waals surface area (Å²) in [5, 5.41) is 11.2. The number of H-pyrrole nitrogens is 1. The topological polar surface area (TPSA) is 42.8 Å². The molecule has 1 N–H and O–H groups in total. The highest BCUT2D eigenvalue weighted by Crippen LogP contribution is 2.17. The van der Waals surface area contributed by atoms with Crippen LogP contribution in [0.25, 0.3) is 0 Å². The lowest BCUT2D eigenvalue weighted by molar-refractivity contribution is 0.716. The van der Waals surface area contributed by atoms with Gasteiger partial charge in [-0.25, -0.2) is 0 Å². The zero-order chi connectivity index (χ0) is 6.81. The lowest BCUT2D eigenvalue weighted by Gasteiger charge is -1.92. The van der Waals surface area contributed by atoms with E-state index in [-0.39, 0.29) is 0 Å². The SMILES string of the molecule is c1n[nH]c2c1[N]CCCC2. The highest BCUT2D eigenvalue weighted by molar-refractivity contribution is 5.38. The first-order chi connectivity index (χ1) is 4.97. The molecule has 53 valence electrons.